The third-order valence-corrected chi connectivity index (χ3v) is 5.89. The van der Waals surface area contributed by atoms with Crippen LogP contribution in [0.15, 0.2) is 41.5 Å². The van der Waals surface area contributed by atoms with Crippen LogP contribution in [-0.4, -0.2) is 35.0 Å². The normalized spacial score (nSPS) is 22.6. The fourth-order valence-electron chi connectivity index (χ4n) is 3.33. The molecule has 3 heterocycles. The van der Waals surface area contributed by atoms with Gasteiger partial charge >= 0.3 is 0 Å². The van der Waals surface area contributed by atoms with Gasteiger partial charge in [-0.2, -0.15) is 0 Å². The first-order chi connectivity index (χ1) is 13.0. The predicted octanol–water partition coefficient (Wildman–Crippen LogP) is 3.87. The molecule has 1 saturated heterocycles. The van der Waals surface area contributed by atoms with Crippen molar-refractivity contribution in [1.29, 1.82) is 0 Å². The molecule has 2 aromatic rings. The summed E-state index contributed by atoms with van der Waals surface area (Å²) in [5, 5.41) is 3.59. The molecule has 1 fully saturated rings. The minimum Gasteiger partial charge on any atom is -0.379 e. The molecular formula is C18H18Cl3FN4O2S. The van der Waals surface area contributed by atoms with Crippen molar-refractivity contribution >= 4 is 64.9 Å². The molecule has 2 atom stereocenters. The molecule has 4 rings (SSSR count). The number of nitrogens with two attached hydrogens (primary N) is 1. The van der Waals surface area contributed by atoms with Gasteiger partial charge < -0.3 is 15.8 Å². The summed E-state index contributed by atoms with van der Waals surface area (Å²) in [6, 6.07) is 7.51. The van der Waals surface area contributed by atoms with E-state index in [1.807, 2.05) is 0 Å². The quantitative estimate of drug-likeness (QED) is 0.697. The van der Waals surface area contributed by atoms with Gasteiger partial charge in [-0.05, 0) is 30.3 Å². The standard InChI is InChI=1S/C18H16ClFN4O2S.2ClH/c19-11-1-4-15(22-6-11)16(25)23-12-2-3-14(20)13(5-12)18-9-26-7-10(18)8-27-17(21)24-18;;/h1-6,10H,7-9H2,(H2,21,24)(H,23,25);2*1H/t10-,18-;;/m0../s1. The van der Waals surface area contributed by atoms with E-state index in [-0.39, 0.29) is 43.0 Å². The van der Waals surface area contributed by atoms with Crippen LogP contribution in [0.2, 0.25) is 5.02 Å². The lowest BCUT2D eigenvalue weighted by Gasteiger charge is -2.34. The molecule has 6 nitrogen and oxygen atoms in total. The van der Waals surface area contributed by atoms with Crippen molar-refractivity contribution in [3.8, 4) is 0 Å². The SMILES string of the molecule is Cl.Cl.NC1=N[C@@]2(c3cc(NC(=O)c4ccc(Cl)cn4)ccc3F)COC[C@H]2CS1. The Morgan fingerprint density at radius 3 is 2.86 bits per heavy atom. The topological polar surface area (TPSA) is 89.6 Å². The highest BCUT2D eigenvalue weighted by molar-refractivity contribution is 8.13. The Morgan fingerprint density at radius 1 is 1.34 bits per heavy atom. The van der Waals surface area contributed by atoms with E-state index in [1.165, 1.54) is 36.2 Å². The number of nitrogens with zero attached hydrogens (tertiary/aromatic N) is 2. The van der Waals surface area contributed by atoms with Crippen LogP contribution >= 0.6 is 48.2 Å². The van der Waals surface area contributed by atoms with Gasteiger partial charge in [0, 0.05) is 29.1 Å². The average molecular weight is 480 g/mol. The zero-order valence-corrected chi connectivity index (χ0v) is 18.1. The third kappa shape index (κ3) is 4.62. The molecule has 0 bridgehead atoms. The van der Waals surface area contributed by atoms with Gasteiger partial charge in [0.05, 0.1) is 18.2 Å². The van der Waals surface area contributed by atoms with E-state index in [2.05, 4.69) is 15.3 Å². The number of anilines is 1. The van der Waals surface area contributed by atoms with E-state index < -0.39 is 17.3 Å². The number of aromatic nitrogens is 1. The molecule has 29 heavy (non-hydrogen) atoms. The lowest BCUT2D eigenvalue weighted by Crippen LogP contribution is -2.40. The number of amidine groups is 1. The molecule has 0 spiro atoms. The van der Waals surface area contributed by atoms with Gasteiger partial charge in [-0.3, -0.25) is 4.79 Å². The Morgan fingerprint density at radius 2 is 2.14 bits per heavy atom. The van der Waals surface area contributed by atoms with Gasteiger partial charge in [-0.25, -0.2) is 14.4 Å². The number of hydrogen-bond acceptors (Lipinski definition) is 6. The summed E-state index contributed by atoms with van der Waals surface area (Å²) in [5.41, 5.74) is 6.08. The fourth-order valence-corrected chi connectivity index (χ4v) is 4.42. The smallest absolute Gasteiger partial charge is 0.274 e. The summed E-state index contributed by atoms with van der Waals surface area (Å²) in [7, 11) is 0. The van der Waals surface area contributed by atoms with Crippen molar-refractivity contribution in [1.82, 2.24) is 4.98 Å². The minimum atomic E-state index is -0.862. The van der Waals surface area contributed by atoms with Crippen molar-refractivity contribution in [2.75, 3.05) is 24.3 Å². The second-order valence-corrected chi connectivity index (χ2v) is 7.88. The number of fused-ring (bicyclic) bond motifs is 1. The van der Waals surface area contributed by atoms with E-state index >= 15 is 0 Å². The van der Waals surface area contributed by atoms with Crippen LogP contribution < -0.4 is 11.1 Å². The molecule has 2 aliphatic heterocycles. The molecule has 2 aliphatic rings. The van der Waals surface area contributed by atoms with E-state index in [9.17, 15) is 9.18 Å². The van der Waals surface area contributed by atoms with Gasteiger partial charge in [0.25, 0.3) is 5.91 Å². The van der Waals surface area contributed by atoms with Crippen LogP contribution in [0.1, 0.15) is 16.1 Å². The van der Waals surface area contributed by atoms with Crippen molar-refractivity contribution in [3.05, 3.63) is 58.6 Å². The first-order valence-corrected chi connectivity index (χ1v) is 9.63. The first kappa shape index (κ1) is 23.7. The largest absolute Gasteiger partial charge is 0.379 e. The van der Waals surface area contributed by atoms with Crippen molar-refractivity contribution in [2.24, 2.45) is 16.6 Å². The number of thioether (sulfide) groups is 1. The molecule has 0 radical (unpaired) electrons. The summed E-state index contributed by atoms with van der Waals surface area (Å²) in [5.74, 6) is -0.0898. The number of halogens is 4. The lowest BCUT2D eigenvalue weighted by atomic mass is 9.81. The highest BCUT2D eigenvalue weighted by Crippen LogP contribution is 2.45. The summed E-state index contributed by atoms with van der Waals surface area (Å²) in [4.78, 5) is 20.9. The van der Waals surface area contributed by atoms with E-state index in [0.717, 1.165) is 0 Å². The summed E-state index contributed by atoms with van der Waals surface area (Å²) >= 11 is 7.23. The molecule has 1 aromatic carbocycles. The van der Waals surface area contributed by atoms with Gasteiger partial charge in [0.15, 0.2) is 5.17 Å². The molecule has 1 aromatic heterocycles. The average Bonchev–Trinajstić information content (AvgIpc) is 3.07. The number of hydrogen-bond donors (Lipinski definition) is 2. The highest BCUT2D eigenvalue weighted by Gasteiger charge is 2.49. The van der Waals surface area contributed by atoms with Crippen LogP contribution in [0.4, 0.5) is 10.1 Å². The second-order valence-electron chi connectivity index (χ2n) is 6.41. The van der Waals surface area contributed by atoms with E-state index in [4.69, 9.17) is 22.1 Å². The zero-order valence-electron chi connectivity index (χ0n) is 14.9. The molecule has 1 amide bonds. The number of amides is 1. The van der Waals surface area contributed by atoms with Gasteiger partial charge in [0.2, 0.25) is 0 Å². The molecular weight excluding hydrogens is 462 g/mol. The van der Waals surface area contributed by atoms with Crippen LogP contribution in [0, 0.1) is 11.7 Å². The number of pyridine rings is 1. The van der Waals surface area contributed by atoms with Crippen LogP contribution in [0.3, 0.4) is 0 Å². The Hall–Kier alpha value is -1.58. The van der Waals surface area contributed by atoms with Crippen LogP contribution in [0.5, 0.6) is 0 Å². The highest BCUT2D eigenvalue weighted by atomic mass is 35.5. The third-order valence-electron chi connectivity index (χ3n) is 4.71. The Kier molecular flexibility index (Phi) is 7.75. The number of carbonyl (C=O) groups is 1. The van der Waals surface area contributed by atoms with Crippen molar-refractivity contribution in [2.45, 2.75) is 5.54 Å². The minimum absolute atomic E-state index is 0. The maximum Gasteiger partial charge on any atom is 0.274 e. The molecule has 0 saturated carbocycles. The summed E-state index contributed by atoms with van der Waals surface area (Å²) in [6.07, 6.45) is 1.39. The Bertz CT molecular complexity index is 932. The van der Waals surface area contributed by atoms with Crippen molar-refractivity contribution in [3.63, 3.8) is 0 Å². The number of benzene rings is 1. The van der Waals surface area contributed by atoms with Crippen LogP contribution in [-0.2, 0) is 10.3 Å². The number of rotatable bonds is 3. The number of carbonyl (C=O) groups excluding carboxylic acids is 1. The fraction of sp³-hybridized carbons (Fsp3) is 0.278. The Labute approximate surface area is 188 Å². The lowest BCUT2D eigenvalue weighted by molar-refractivity contribution is 0.102. The number of nitrogens with one attached hydrogen (secondary N) is 1. The molecule has 11 heteroatoms. The molecule has 0 unspecified atom stereocenters. The molecule has 3 N–H and O–H groups in total. The van der Waals surface area contributed by atoms with Gasteiger partial charge in [-0.15, -0.1) is 24.8 Å². The number of aliphatic imine (C=N–C) groups is 1. The summed E-state index contributed by atoms with van der Waals surface area (Å²) in [6.45, 7) is 0.750. The van der Waals surface area contributed by atoms with Crippen molar-refractivity contribution < 1.29 is 13.9 Å². The van der Waals surface area contributed by atoms with Gasteiger partial charge in [0.1, 0.15) is 17.1 Å². The van der Waals surface area contributed by atoms with Crippen LogP contribution in [0.25, 0.3) is 0 Å². The molecule has 156 valence electrons. The second kappa shape index (κ2) is 9.49. The maximum absolute atomic E-state index is 14.7. The Balaban J connectivity index is 0.00000150. The monoisotopic (exact) mass is 478 g/mol. The zero-order chi connectivity index (χ0) is 19.0. The summed E-state index contributed by atoms with van der Waals surface area (Å²) < 4.78 is 20.3. The predicted molar refractivity (Wildman–Crippen MR) is 118 cm³/mol. The van der Waals surface area contributed by atoms with E-state index in [0.29, 0.717) is 33.8 Å². The van der Waals surface area contributed by atoms with E-state index in [1.54, 1.807) is 12.1 Å². The first-order valence-electron chi connectivity index (χ1n) is 8.27. The number of ether oxygens (including phenoxy) is 1. The maximum atomic E-state index is 14.7. The van der Waals surface area contributed by atoms with Gasteiger partial charge in [-0.1, -0.05) is 23.4 Å². The molecule has 0 aliphatic carbocycles.